The molecule has 0 saturated carbocycles. The smallest absolute Gasteiger partial charge is 0.159 e. The van der Waals surface area contributed by atoms with Gasteiger partial charge in [0.15, 0.2) is 5.78 Å². The molecule has 2 aromatic carbocycles. The molecule has 1 aromatic heterocycles. The highest BCUT2D eigenvalue weighted by Gasteiger charge is 2.26. The first kappa shape index (κ1) is 25.6. The summed E-state index contributed by atoms with van der Waals surface area (Å²) in [5, 5.41) is 6.84. The van der Waals surface area contributed by atoms with Crippen molar-refractivity contribution in [1.29, 1.82) is 0 Å². The van der Waals surface area contributed by atoms with E-state index in [-0.39, 0.29) is 5.78 Å². The van der Waals surface area contributed by atoms with E-state index in [1.165, 1.54) is 5.56 Å². The third-order valence-electron chi connectivity index (χ3n) is 6.50. The first-order valence-corrected chi connectivity index (χ1v) is 12.7. The van der Waals surface area contributed by atoms with E-state index >= 15 is 0 Å². The van der Waals surface area contributed by atoms with E-state index < -0.39 is 0 Å². The summed E-state index contributed by atoms with van der Waals surface area (Å²) in [5.41, 5.74) is 6.31. The van der Waals surface area contributed by atoms with Crippen LogP contribution >= 0.6 is 0 Å². The predicted octanol–water partition coefficient (Wildman–Crippen LogP) is 4.19. The van der Waals surface area contributed by atoms with Gasteiger partial charge < -0.3 is 15.5 Å². The lowest BCUT2D eigenvalue weighted by Crippen LogP contribution is -2.26. The highest BCUT2D eigenvalue weighted by molar-refractivity contribution is 5.96. The van der Waals surface area contributed by atoms with Gasteiger partial charge in [-0.1, -0.05) is 48.4 Å². The van der Waals surface area contributed by atoms with E-state index in [1.807, 2.05) is 36.4 Å². The van der Waals surface area contributed by atoms with Gasteiger partial charge in [0, 0.05) is 30.5 Å². The molecule has 6 nitrogen and oxygen atoms in total. The van der Waals surface area contributed by atoms with Crippen molar-refractivity contribution in [3.8, 4) is 23.5 Å². The number of benzene rings is 2. The number of rotatable bonds is 13. The second kappa shape index (κ2) is 12.4. The predicted molar refractivity (Wildman–Crippen MR) is 146 cm³/mol. The Labute approximate surface area is 214 Å². The maximum Gasteiger partial charge on any atom is 0.159 e. The summed E-state index contributed by atoms with van der Waals surface area (Å²) < 4.78 is 0. The van der Waals surface area contributed by atoms with Crippen molar-refractivity contribution in [3.63, 3.8) is 0 Å². The molecule has 6 heteroatoms. The quantitative estimate of drug-likeness (QED) is 0.170. The number of hydrogen-bond donors (Lipinski definition) is 2. The normalized spacial score (nSPS) is 11.7. The summed E-state index contributed by atoms with van der Waals surface area (Å²) in [6.07, 6.45) is 8.77. The van der Waals surface area contributed by atoms with Crippen LogP contribution in [0.25, 0.3) is 11.1 Å². The molecule has 0 fully saturated rings. The zero-order valence-corrected chi connectivity index (χ0v) is 21.3. The molecule has 1 aliphatic carbocycles. The van der Waals surface area contributed by atoms with E-state index in [0.717, 1.165) is 85.0 Å². The maximum absolute atomic E-state index is 11.9. The SMILES string of the molecule is C#CCNCCCN(C)CCCNc1nc(Cc2ccccc2)nc2c1-c1ccc(C(C)=O)cc1C2. The summed E-state index contributed by atoms with van der Waals surface area (Å²) in [6, 6.07) is 16.3. The highest BCUT2D eigenvalue weighted by Crippen LogP contribution is 2.40. The second-order valence-corrected chi connectivity index (χ2v) is 9.40. The van der Waals surface area contributed by atoms with Gasteiger partial charge in [-0.2, -0.15) is 0 Å². The number of terminal acetylenes is 1. The zero-order valence-electron chi connectivity index (χ0n) is 21.3. The van der Waals surface area contributed by atoms with Crippen LogP contribution in [-0.4, -0.2) is 60.4 Å². The Bertz CT molecular complexity index is 1230. The molecular formula is C30H35N5O. The van der Waals surface area contributed by atoms with E-state index in [1.54, 1.807) is 6.92 Å². The van der Waals surface area contributed by atoms with Crippen molar-refractivity contribution in [2.75, 3.05) is 45.1 Å². The van der Waals surface area contributed by atoms with Gasteiger partial charge in [0.1, 0.15) is 11.6 Å². The van der Waals surface area contributed by atoms with Gasteiger partial charge >= 0.3 is 0 Å². The molecule has 3 aromatic rings. The lowest BCUT2D eigenvalue weighted by molar-refractivity contribution is 0.101. The van der Waals surface area contributed by atoms with Gasteiger partial charge in [-0.05, 0) is 69.2 Å². The number of nitrogens with one attached hydrogen (secondary N) is 2. The molecule has 0 radical (unpaired) electrons. The van der Waals surface area contributed by atoms with Crippen LogP contribution in [0.1, 0.15) is 52.8 Å². The minimum Gasteiger partial charge on any atom is -0.369 e. The van der Waals surface area contributed by atoms with Crippen LogP contribution in [0.4, 0.5) is 5.82 Å². The largest absolute Gasteiger partial charge is 0.369 e. The van der Waals surface area contributed by atoms with Gasteiger partial charge in [0.05, 0.1) is 12.2 Å². The van der Waals surface area contributed by atoms with Gasteiger partial charge in [-0.15, -0.1) is 6.42 Å². The van der Waals surface area contributed by atoms with Crippen LogP contribution in [0.5, 0.6) is 0 Å². The van der Waals surface area contributed by atoms with Crippen LogP contribution in [0.2, 0.25) is 0 Å². The van der Waals surface area contributed by atoms with Crippen LogP contribution < -0.4 is 10.6 Å². The molecule has 0 saturated heterocycles. The van der Waals surface area contributed by atoms with Crippen molar-refractivity contribution in [2.45, 2.75) is 32.6 Å². The van der Waals surface area contributed by atoms with Gasteiger partial charge in [0.2, 0.25) is 0 Å². The molecule has 1 heterocycles. The standard InChI is InChI=1S/C30H35N5O/c1-4-14-31-15-8-17-35(3)18-9-16-32-30-29-26-13-12-24(22(2)36)20-25(26)21-27(29)33-28(34-30)19-23-10-6-5-7-11-23/h1,5-7,10-13,20,31H,8-9,14-19,21H2,2-3H3,(H,32,33,34). The average molecular weight is 482 g/mol. The lowest BCUT2D eigenvalue weighted by atomic mass is 10.0. The van der Waals surface area contributed by atoms with Gasteiger partial charge in [0.25, 0.3) is 0 Å². The number of Topliss-reactive ketones (excluding diaryl/α,β-unsaturated/α-hetero) is 1. The van der Waals surface area contributed by atoms with E-state index in [0.29, 0.717) is 13.0 Å². The topological polar surface area (TPSA) is 70.2 Å². The Morgan fingerprint density at radius 1 is 1.08 bits per heavy atom. The Morgan fingerprint density at radius 3 is 2.61 bits per heavy atom. The molecule has 2 N–H and O–H groups in total. The highest BCUT2D eigenvalue weighted by atomic mass is 16.1. The lowest BCUT2D eigenvalue weighted by Gasteiger charge is -2.17. The molecule has 0 spiro atoms. The average Bonchev–Trinajstić information content (AvgIpc) is 3.24. The van der Waals surface area contributed by atoms with E-state index in [4.69, 9.17) is 16.4 Å². The number of hydrogen-bond acceptors (Lipinski definition) is 6. The molecule has 1 aliphatic rings. The molecule has 0 aliphatic heterocycles. The summed E-state index contributed by atoms with van der Waals surface area (Å²) in [5.74, 6) is 4.39. The fourth-order valence-corrected chi connectivity index (χ4v) is 4.64. The summed E-state index contributed by atoms with van der Waals surface area (Å²) in [4.78, 5) is 24.2. The van der Waals surface area contributed by atoms with Crippen LogP contribution in [-0.2, 0) is 12.8 Å². The fraction of sp³-hybridized carbons (Fsp3) is 0.367. The van der Waals surface area contributed by atoms with Crippen LogP contribution in [0, 0.1) is 12.3 Å². The Kier molecular flexibility index (Phi) is 8.83. The van der Waals surface area contributed by atoms with Crippen molar-refractivity contribution >= 4 is 11.6 Å². The maximum atomic E-state index is 11.9. The molecule has 0 atom stereocenters. The number of fused-ring (bicyclic) bond motifs is 3. The van der Waals surface area contributed by atoms with Gasteiger partial charge in [-0.25, -0.2) is 9.97 Å². The summed E-state index contributed by atoms with van der Waals surface area (Å²) in [6.45, 7) is 6.05. The van der Waals surface area contributed by atoms with Crippen molar-refractivity contribution in [3.05, 3.63) is 76.7 Å². The van der Waals surface area contributed by atoms with Crippen molar-refractivity contribution in [2.24, 2.45) is 0 Å². The number of ketones is 1. The number of anilines is 1. The molecule has 0 amide bonds. The second-order valence-electron chi connectivity index (χ2n) is 9.40. The summed E-state index contributed by atoms with van der Waals surface area (Å²) in [7, 11) is 2.16. The fourth-order valence-electron chi connectivity index (χ4n) is 4.64. The first-order valence-electron chi connectivity index (χ1n) is 12.7. The third-order valence-corrected chi connectivity index (χ3v) is 6.50. The molecule has 0 unspecified atom stereocenters. The molecule has 36 heavy (non-hydrogen) atoms. The van der Waals surface area contributed by atoms with Crippen LogP contribution in [0.3, 0.4) is 0 Å². The van der Waals surface area contributed by atoms with Crippen molar-refractivity contribution < 1.29 is 4.79 Å². The zero-order chi connectivity index (χ0) is 25.3. The number of carbonyl (C=O) groups excluding carboxylic acids is 1. The Balaban J connectivity index is 1.46. The van der Waals surface area contributed by atoms with E-state index in [2.05, 4.69) is 40.6 Å². The number of nitrogens with zero attached hydrogens (tertiary/aromatic N) is 3. The minimum atomic E-state index is 0.0823. The molecule has 0 bridgehead atoms. The molecular weight excluding hydrogens is 446 g/mol. The molecule has 4 rings (SSSR count). The Morgan fingerprint density at radius 2 is 1.86 bits per heavy atom. The van der Waals surface area contributed by atoms with E-state index in [9.17, 15) is 4.79 Å². The van der Waals surface area contributed by atoms with Gasteiger partial charge in [-0.3, -0.25) is 4.79 Å². The third kappa shape index (κ3) is 6.57. The number of carbonyl (C=O) groups is 1. The Hall–Kier alpha value is -3.53. The van der Waals surface area contributed by atoms with Crippen molar-refractivity contribution in [1.82, 2.24) is 20.2 Å². The first-order chi connectivity index (χ1) is 17.5. The number of aromatic nitrogens is 2. The van der Waals surface area contributed by atoms with Crippen LogP contribution in [0.15, 0.2) is 48.5 Å². The minimum absolute atomic E-state index is 0.0823. The summed E-state index contributed by atoms with van der Waals surface area (Å²) >= 11 is 0. The molecule has 186 valence electrons. The monoisotopic (exact) mass is 481 g/mol.